The molecule has 3 nitrogen and oxygen atoms in total. The topological polar surface area (TPSA) is 43.4 Å². The van der Waals surface area contributed by atoms with Gasteiger partial charge in [-0.3, -0.25) is 8.42 Å². The number of ether oxygens (including phenoxy) is 1. The first kappa shape index (κ1) is 14.9. The molecule has 3 atom stereocenters. The monoisotopic (exact) mass is 278 g/mol. The first-order valence-corrected chi connectivity index (χ1v) is 8.91. The molecule has 17 heavy (non-hydrogen) atoms. The van der Waals surface area contributed by atoms with Crippen LogP contribution < -0.4 is 0 Å². The van der Waals surface area contributed by atoms with Crippen LogP contribution in [0.5, 0.6) is 0 Å². The van der Waals surface area contributed by atoms with Gasteiger partial charge in [-0.15, -0.1) is 0 Å². The SMILES string of the molecule is C/C=C/OCCCC1(CC)CS(=O)CCS1=O. The largest absolute Gasteiger partial charge is 0.502 e. The first-order valence-electron chi connectivity index (χ1n) is 6.11. The van der Waals surface area contributed by atoms with Crippen molar-refractivity contribution in [3.63, 3.8) is 0 Å². The third-order valence-corrected chi connectivity index (χ3v) is 7.33. The van der Waals surface area contributed by atoms with E-state index in [-0.39, 0.29) is 4.75 Å². The Balaban J connectivity index is 2.49. The highest BCUT2D eigenvalue weighted by molar-refractivity contribution is 7.93. The Morgan fingerprint density at radius 2 is 2.12 bits per heavy atom. The summed E-state index contributed by atoms with van der Waals surface area (Å²) in [5, 5.41) is 0. The molecule has 0 amide bonds. The highest BCUT2D eigenvalue weighted by atomic mass is 32.2. The van der Waals surface area contributed by atoms with Gasteiger partial charge >= 0.3 is 0 Å². The summed E-state index contributed by atoms with van der Waals surface area (Å²) in [6.07, 6.45) is 6.09. The molecule has 0 N–H and O–H groups in total. The molecule has 0 aromatic carbocycles. The van der Waals surface area contributed by atoms with Crippen molar-refractivity contribution in [2.45, 2.75) is 37.9 Å². The number of allylic oxidation sites excluding steroid dienone is 1. The Kier molecular flexibility index (Phi) is 6.41. The van der Waals surface area contributed by atoms with Crippen LogP contribution in [0.25, 0.3) is 0 Å². The molecule has 0 radical (unpaired) electrons. The number of rotatable bonds is 6. The summed E-state index contributed by atoms with van der Waals surface area (Å²) in [5.41, 5.74) is 0. The van der Waals surface area contributed by atoms with Gasteiger partial charge in [0.15, 0.2) is 0 Å². The Hall–Kier alpha value is -0.160. The molecule has 0 bridgehead atoms. The summed E-state index contributed by atoms with van der Waals surface area (Å²) in [4.78, 5) is 0. The third kappa shape index (κ3) is 4.21. The molecular weight excluding hydrogens is 256 g/mol. The van der Waals surface area contributed by atoms with Crippen molar-refractivity contribution in [3.05, 3.63) is 12.3 Å². The van der Waals surface area contributed by atoms with Crippen LogP contribution in [0.2, 0.25) is 0 Å². The second-order valence-corrected chi connectivity index (χ2v) is 7.86. The van der Waals surface area contributed by atoms with Crippen molar-refractivity contribution in [1.29, 1.82) is 0 Å². The van der Waals surface area contributed by atoms with E-state index in [9.17, 15) is 8.42 Å². The molecule has 0 aliphatic carbocycles. The first-order chi connectivity index (χ1) is 8.14. The van der Waals surface area contributed by atoms with Gasteiger partial charge in [0.1, 0.15) is 0 Å². The Bertz CT molecular complexity index is 315. The van der Waals surface area contributed by atoms with Crippen LogP contribution in [0.4, 0.5) is 0 Å². The molecule has 0 aromatic rings. The minimum Gasteiger partial charge on any atom is -0.502 e. The van der Waals surface area contributed by atoms with Crippen LogP contribution >= 0.6 is 0 Å². The van der Waals surface area contributed by atoms with E-state index in [0.717, 1.165) is 19.3 Å². The molecule has 0 aromatic heterocycles. The predicted molar refractivity (Wildman–Crippen MR) is 73.9 cm³/mol. The van der Waals surface area contributed by atoms with Crippen molar-refractivity contribution in [2.24, 2.45) is 0 Å². The molecule has 100 valence electrons. The van der Waals surface area contributed by atoms with E-state index in [2.05, 4.69) is 0 Å². The van der Waals surface area contributed by atoms with E-state index in [0.29, 0.717) is 23.9 Å². The molecule has 0 spiro atoms. The van der Waals surface area contributed by atoms with Gasteiger partial charge in [-0.2, -0.15) is 0 Å². The highest BCUT2D eigenvalue weighted by Gasteiger charge is 2.39. The molecule has 0 saturated carbocycles. The molecule has 1 aliphatic rings. The molecule has 1 heterocycles. The van der Waals surface area contributed by atoms with Crippen molar-refractivity contribution < 1.29 is 13.2 Å². The zero-order valence-electron chi connectivity index (χ0n) is 10.6. The van der Waals surface area contributed by atoms with Gasteiger partial charge in [0, 0.05) is 38.9 Å². The van der Waals surface area contributed by atoms with Crippen LogP contribution in [-0.2, 0) is 26.3 Å². The fourth-order valence-corrected chi connectivity index (χ4v) is 6.56. The second kappa shape index (κ2) is 7.31. The molecule has 1 saturated heterocycles. The van der Waals surface area contributed by atoms with Crippen molar-refractivity contribution in [2.75, 3.05) is 23.9 Å². The van der Waals surface area contributed by atoms with E-state index in [1.54, 1.807) is 6.26 Å². The molecule has 1 aliphatic heterocycles. The zero-order chi connectivity index (χ0) is 12.7. The molecule has 5 heteroatoms. The summed E-state index contributed by atoms with van der Waals surface area (Å²) < 4.78 is 28.8. The number of hydrogen-bond donors (Lipinski definition) is 0. The maximum absolute atomic E-state index is 12.1. The third-order valence-electron chi connectivity index (χ3n) is 3.17. The fourth-order valence-electron chi connectivity index (χ4n) is 2.08. The van der Waals surface area contributed by atoms with Gasteiger partial charge < -0.3 is 4.74 Å². The predicted octanol–water partition coefficient (Wildman–Crippen LogP) is 1.98. The highest BCUT2D eigenvalue weighted by Crippen LogP contribution is 2.30. The maximum Gasteiger partial charge on any atom is 0.0873 e. The van der Waals surface area contributed by atoms with Gasteiger partial charge in [0.25, 0.3) is 0 Å². The van der Waals surface area contributed by atoms with Crippen LogP contribution in [0.1, 0.15) is 33.1 Å². The summed E-state index contributed by atoms with van der Waals surface area (Å²) in [6, 6.07) is 0. The molecule has 1 rings (SSSR count). The lowest BCUT2D eigenvalue weighted by molar-refractivity contribution is 0.236. The fraction of sp³-hybridized carbons (Fsp3) is 0.833. The Labute approximate surface area is 109 Å². The lowest BCUT2D eigenvalue weighted by Gasteiger charge is -2.34. The van der Waals surface area contributed by atoms with Gasteiger partial charge in [-0.05, 0) is 26.2 Å². The van der Waals surface area contributed by atoms with Crippen LogP contribution in [-0.4, -0.2) is 37.0 Å². The van der Waals surface area contributed by atoms with E-state index < -0.39 is 21.6 Å². The van der Waals surface area contributed by atoms with Gasteiger partial charge in [0.2, 0.25) is 0 Å². The molecular formula is C12H22O3S2. The average Bonchev–Trinajstić information content (AvgIpc) is 2.33. The van der Waals surface area contributed by atoms with E-state index in [1.165, 1.54) is 0 Å². The quantitative estimate of drug-likeness (QED) is 0.551. The smallest absolute Gasteiger partial charge is 0.0873 e. The van der Waals surface area contributed by atoms with Gasteiger partial charge in [-0.25, -0.2) is 0 Å². The van der Waals surface area contributed by atoms with E-state index >= 15 is 0 Å². The van der Waals surface area contributed by atoms with Crippen LogP contribution in [0, 0.1) is 0 Å². The van der Waals surface area contributed by atoms with Crippen LogP contribution in [0.15, 0.2) is 12.3 Å². The molecule has 1 fully saturated rings. The van der Waals surface area contributed by atoms with E-state index in [1.807, 2.05) is 19.9 Å². The summed E-state index contributed by atoms with van der Waals surface area (Å²) in [6.45, 7) is 4.61. The lowest BCUT2D eigenvalue weighted by Crippen LogP contribution is -2.46. The maximum atomic E-state index is 12.1. The van der Waals surface area contributed by atoms with Gasteiger partial charge in [-0.1, -0.05) is 13.0 Å². The van der Waals surface area contributed by atoms with Crippen molar-refractivity contribution in [3.8, 4) is 0 Å². The minimum absolute atomic E-state index is 0.234. The van der Waals surface area contributed by atoms with E-state index in [4.69, 9.17) is 4.74 Å². The zero-order valence-corrected chi connectivity index (χ0v) is 12.3. The van der Waals surface area contributed by atoms with Crippen LogP contribution in [0.3, 0.4) is 0 Å². The summed E-state index contributed by atoms with van der Waals surface area (Å²) >= 11 is 0. The summed E-state index contributed by atoms with van der Waals surface area (Å²) in [5.74, 6) is 1.79. The standard InChI is InChI=1S/C12H22O3S2/c1-3-7-15-8-5-6-12(4-2)11-16(13)9-10-17(12)14/h3,7H,4-6,8-11H2,1-2H3/b7-3+. The summed E-state index contributed by atoms with van der Waals surface area (Å²) in [7, 11) is -1.62. The number of hydrogen-bond acceptors (Lipinski definition) is 3. The van der Waals surface area contributed by atoms with Crippen molar-refractivity contribution >= 4 is 21.6 Å². The lowest BCUT2D eigenvalue weighted by atomic mass is 10.0. The average molecular weight is 278 g/mol. The Morgan fingerprint density at radius 1 is 1.35 bits per heavy atom. The van der Waals surface area contributed by atoms with Gasteiger partial charge in [0.05, 0.1) is 17.6 Å². The second-order valence-electron chi connectivity index (χ2n) is 4.32. The molecule has 3 unspecified atom stereocenters. The normalized spacial score (nSPS) is 34.0. The Morgan fingerprint density at radius 3 is 2.76 bits per heavy atom. The van der Waals surface area contributed by atoms with Crippen molar-refractivity contribution in [1.82, 2.24) is 0 Å². The minimum atomic E-state index is -0.831.